The average molecular weight is 273 g/mol. The van der Waals surface area contributed by atoms with Crippen molar-refractivity contribution in [3.8, 4) is 6.19 Å². The molecule has 2 rings (SSSR count). The molecule has 0 saturated carbocycles. The molecule has 0 bridgehead atoms. The second-order valence-electron chi connectivity index (χ2n) is 3.92. The van der Waals surface area contributed by atoms with Crippen LogP contribution in [0.15, 0.2) is 34.3 Å². The van der Waals surface area contributed by atoms with Gasteiger partial charge >= 0.3 is 0 Å². The molecule has 0 unspecified atom stereocenters. The summed E-state index contributed by atoms with van der Waals surface area (Å²) in [4.78, 5) is 8.78. The van der Waals surface area contributed by atoms with Crippen LogP contribution < -0.4 is 10.6 Å². The Labute approximate surface area is 116 Å². The third kappa shape index (κ3) is 3.73. The fourth-order valence-corrected chi connectivity index (χ4v) is 2.05. The molecule has 0 fully saturated rings. The Balaban J connectivity index is 2.14. The van der Waals surface area contributed by atoms with Gasteiger partial charge in [-0.15, -0.1) is 0 Å². The average Bonchev–Trinajstić information content (AvgIpc) is 2.48. The van der Waals surface area contributed by atoms with Crippen molar-refractivity contribution in [1.82, 2.24) is 10.6 Å². The SMILES string of the molecule is CSC(=Nc1ccc(C2=NCCCN2)cc1)NC#N. The normalized spacial score (nSPS) is 15.2. The summed E-state index contributed by atoms with van der Waals surface area (Å²) in [5, 5.41) is 15.0. The molecule has 2 N–H and O–H groups in total. The molecule has 0 aromatic heterocycles. The summed E-state index contributed by atoms with van der Waals surface area (Å²) in [6.07, 6.45) is 4.83. The van der Waals surface area contributed by atoms with E-state index in [4.69, 9.17) is 5.26 Å². The smallest absolute Gasteiger partial charge is 0.183 e. The van der Waals surface area contributed by atoms with Crippen molar-refractivity contribution in [2.45, 2.75) is 6.42 Å². The highest BCUT2D eigenvalue weighted by molar-refractivity contribution is 8.13. The number of hydrogen-bond acceptors (Lipinski definition) is 5. The lowest BCUT2D eigenvalue weighted by Gasteiger charge is -2.14. The van der Waals surface area contributed by atoms with E-state index in [1.54, 1.807) is 0 Å². The molecule has 6 heteroatoms. The molecule has 0 spiro atoms. The molecule has 98 valence electrons. The summed E-state index contributed by atoms with van der Waals surface area (Å²) in [6.45, 7) is 1.85. The van der Waals surface area contributed by atoms with Crippen LogP contribution in [0, 0.1) is 11.5 Å². The molecule has 1 heterocycles. The van der Waals surface area contributed by atoms with Gasteiger partial charge in [0.15, 0.2) is 11.4 Å². The standard InChI is InChI=1S/C13H15N5S/c1-19-13(17-9-14)18-11-5-3-10(4-6-11)12-15-7-2-8-16-12/h3-6H,2,7-8H2,1H3,(H,15,16)(H,17,18). The number of thioether (sulfide) groups is 1. The second-order valence-corrected chi connectivity index (χ2v) is 4.71. The van der Waals surface area contributed by atoms with E-state index in [9.17, 15) is 0 Å². The zero-order valence-corrected chi connectivity index (χ0v) is 11.5. The predicted molar refractivity (Wildman–Crippen MR) is 79.8 cm³/mol. The molecule has 1 aromatic carbocycles. The lowest BCUT2D eigenvalue weighted by Crippen LogP contribution is -2.30. The van der Waals surface area contributed by atoms with E-state index in [0.29, 0.717) is 5.17 Å². The molecular formula is C13H15N5S. The highest BCUT2D eigenvalue weighted by Crippen LogP contribution is 2.15. The highest BCUT2D eigenvalue weighted by atomic mass is 32.2. The first-order valence-electron chi connectivity index (χ1n) is 6.00. The molecule has 1 aliphatic heterocycles. The monoisotopic (exact) mass is 273 g/mol. The van der Waals surface area contributed by atoms with E-state index in [-0.39, 0.29) is 0 Å². The van der Waals surface area contributed by atoms with Crippen LogP contribution in [-0.4, -0.2) is 30.3 Å². The quantitative estimate of drug-likeness (QED) is 0.373. The third-order valence-electron chi connectivity index (χ3n) is 2.62. The van der Waals surface area contributed by atoms with Crippen LogP contribution in [0.25, 0.3) is 0 Å². The van der Waals surface area contributed by atoms with Crippen molar-refractivity contribution in [2.24, 2.45) is 9.98 Å². The van der Waals surface area contributed by atoms with Gasteiger partial charge < -0.3 is 5.32 Å². The van der Waals surface area contributed by atoms with Crippen molar-refractivity contribution in [2.75, 3.05) is 19.3 Å². The van der Waals surface area contributed by atoms with Crippen molar-refractivity contribution in [1.29, 1.82) is 5.26 Å². The van der Waals surface area contributed by atoms with Crippen LogP contribution in [0.1, 0.15) is 12.0 Å². The zero-order chi connectivity index (χ0) is 13.5. The van der Waals surface area contributed by atoms with E-state index < -0.39 is 0 Å². The number of nitriles is 1. The van der Waals surface area contributed by atoms with Gasteiger partial charge in [-0.25, -0.2) is 4.99 Å². The van der Waals surface area contributed by atoms with Crippen LogP contribution in [0.5, 0.6) is 0 Å². The van der Waals surface area contributed by atoms with Gasteiger partial charge in [0.1, 0.15) is 5.84 Å². The minimum atomic E-state index is 0.586. The van der Waals surface area contributed by atoms with Crippen molar-refractivity contribution in [3.63, 3.8) is 0 Å². The summed E-state index contributed by atoms with van der Waals surface area (Å²) < 4.78 is 0. The van der Waals surface area contributed by atoms with Gasteiger partial charge in [-0.2, -0.15) is 5.26 Å². The fraction of sp³-hybridized carbons (Fsp3) is 0.308. The van der Waals surface area contributed by atoms with Gasteiger partial charge in [-0.05, 0) is 36.9 Å². The Bertz CT molecular complexity index is 527. The first-order chi connectivity index (χ1) is 9.33. The van der Waals surface area contributed by atoms with Gasteiger partial charge in [0, 0.05) is 18.7 Å². The minimum absolute atomic E-state index is 0.586. The van der Waals surface area contributed by atoms with Crippen LogP contribution in [-0.2, 0) is 0 Å². The Morgan fingerprint density at radius 3 is 2.84 bits per heavy atom. The number of nitrogens with one attached hydrogen (secondary N) is 2. The van der Waals surface area contributed by atoms with Crippen molar-refractivity contribution in [3.05, 3.63) is 29.8 Å². The van der Waals surface area contributed by atoms with Gasteiger partial charge in [-0.1, -0.05) is 11.8 Å². The Hall–Kier alpha value is -2.00. The molecule has 0 amide bonds. The number of rotatable bonds is 2. The maximum absolute atomic E-state index is 8.58. The lowest BCUT2D eigenvalue weighted by atomic mass is 10.1. The summed E-state index contributed by atoms with van der Waals surface area (Å²) in [5.74, 6) is 0.946. The summed E-state index contributed by atoms with van der Waals surface area (Å²) in [5.41, 5.74) is 1.88. The van der Waals surface area contributed by atoms with E-state index in [1.165, 1.54) is 11.8 Å². The minimum Gasteiger partial charge on any atom is -0.370 e. The van der Waals surface area contributed by atoms with Crippen LogP contribution >= 0.6 is 11.8 Å². The van der Waals surface area contributed by atoms with Crippen LogP contribution in [0.3, 0.4) is 0 Å². The molecule has 0 radical (unpaired) electrons. The number of benzene rings is 1. The van der Waals surface area contributed by atoms with E-state index in [0.717, 1.165) is 36.6 Å². The van der Waals surface area contributed by atoms with E-state index in [1.807, 2.05) is 36.7 Å². The Morgan fingerprint density at radius 2 is 2.26 bits per heavy atom. The molecule has 1 aliphatic rings. The van der Waals surface area contributed by atoms with Gasteiger partial charge in [0.05, 0.1) is 5.69 Å². The fourth-order valence-electron chi connectivity index (χ4n) is 1.71. The third-order valence-corrected chi connectivity index (χ3v) is 3.20. The van der Waals surface area contributed by atoms with Crippen molar-refractivity contribution >= 4 is 28.5 Å². The summed E-state index contributed by atoms with van der Waals surface area (Å²) in [6, 6.07) is 7.81. The molecule has 1 aromatic rings. The highest BCUT2D eigenvalue weighted by Gasteiger charge is 2.06. The largest absolute Gasteiger partial charge is 0.370 e. The van der Waals surface area contributed by atoms with Crippen LogP contribution in [0.4, 0.5) is 5.69 Å². The van der Waals surface area contributed by atoms with E-state index in [2.05, 4.69) is 20.6 Å². The molecule has 0 saturated heterocycles. The summed E-state index contributed by atoms with van der Waals surface area (Å²) in [7, 11) is 0. The lowest BCUT2D eigenvalue weighted by molar-refractivity contribution is 0.742. The first-order valence-corrected chi connectivity index (χ1v) is 7.22. The molecule has 0 atom stereocenters. The molecular weight excluding hydrogens is 258 g/mol. The van der Waals surface area contributed by atoms with E-state index >= 15 is 0 Å². The van der Waals surface area contributed by atoms with Crippen molar-refractivity contribution < 1.29 is 0 Å². The topological polar surface area (TPSA) is 72.6 Å². The Kier molecular flexibility index (Phi) is 4.81. The first kappa shape index (κ1) is 13.4. The summed E-state index contributed by atoms with van der Waals surface area (Å²) >= 11 is 1.40. The molecule has 5 nitrogen and oxygen atoms in total. The predicted octanol–water partition coefficient (Wildman–Crippen LogP) is 1.85. The van der Waals surface area contributed by atoms with Gasteiger partial charge in [-0.3, -0.25) is 10.3 Å². The number of amidine groups is 2. The maximum atomic E-state index is 8.58. The maximum Gasteiger partial charge on any atom is 0.183 e. The Morgan fingerprint density at radius 1 is 1.47 bits per heavy atom. The number of hydrogen-bond donors (Lipinski definition) is 2. The molecule has 19 heavy (non-hydrogen) atoms. The van der Waals surface area contributed by atoms with Crippen LogP contribution in [0.2, 0.25) is 0 Å². The second kappa shape index (κ2) is 6.81. The number of aliphatic imine (C=N–C) groups is 2. The molecule has 0 aliphatic carbocycles. The van der Waals surface area contributed by atoms with Gasteiger partial charge in [0.25, 0.3) is 0 Å². The zero-order valence-electron chi connectivity index (χ0n) is 10.7. The number of nitrogens with zero attached hydrogens (tertiary/aromatic N) is 3. The van der Waals surface area contributed by atoms with Gasteiger partial charge in [0.2, 0.25) is 0 Å².